The number of ether oxygens (including phenoxy) is 1. The van der Waals surface area contributed by atoms with Gasteiger partial charge in [-0.2, -0.15) is 0 Å². The van der Waals surface area contributed by atoms with Crippen molar-refractivity contribution in [2.75, 3.05) is 13.2 Å². The van der Waals surface area contributed by atoms with E-state index in [0.717, 1.165) is 51.4 Å². The normalized spacial score (nSPS) is 12.7. The third kappa shape index (κ3) is 63.3. The van der Waals surface area contributed by atoms with Crippen LogP contribution < -0.4 is 5.32 Å². The summed E-state index contributed by atoms with van der Waals surface area (Å²) in [5.74, 6) is -0.0245. The molecular formula is C72H137NO5. The second kappa shape index (κ2) is 67.6. The van der Waals surface area contributed by atoms with Gasteiger partial charge in [0.2, 0.25) is 5.91 Å². The Morgan fingerprint density at radius 2 is 0.641 bits per heavy atom. The summed E-state index contributed by atoms with van der Waals surface area (Å²) in [6, 6.07) is -0.536. The maximum atomic E-state index is 12.4. The summed E-state index contributed by atoms with van der Waals surface area (Å²) in [7, 11) is 0. The van der Waals surface area contributed by atoms with Gasteiger partial charge in [0.15, 0.2) is 0 Å². The van der Waals surface area contributed by atoms with E-state index in [-0.39, 0.29) is 18.5 Å². The number of allylic oxidation sites excluding steroid dienone is 6. The monoisotopic (exact) mass is 1100 g/mol. The highest BCUT2D eigenvalue weighted by molar-refractivity contribution is 5.76. The van der Waals surface area contributed by atoms with Crippen LogP contribution in [0.4, 0.5) is 0 Å². The topological polar surface area (TPSA) is 95.9 Å². The molecule has 0 aliphatic heterocycles. The molecule has 6 heteroatoms. The Morgan fingerprint density at radius 1 is 0.359 bits per heavy atom. The van der Waals surface area contributed by atoms with Crippen LogP contribution >= 0.6 is 0 Å². The van der Waals surface area contributed by atoms with E-state index in [1.54, 1.807) is 0 Å². The number of carbonyl (C=O) groups excluding carboxylic acids is 2. The Hall–Kier alpha value is -1.92. The summed E-state index contributed by atoms with van der Waals surface area (Å²) >= 11 is 0. The summed E-state index contributed by atoms with van der Waals surface area (Å²) in [5.41, 5.74) is 0. The zero-order chi connectivity index (χ0) is 56.4. The van der Waals surface area contributed by atoms with Gasteiger partial charge < -0.3 is 20.3 Å². The molecular weight excluding hydrogens is 959 g/mol. The van der Waals surface area contributed by atoms with Crippen molar-refractivity contribution in [2.24, 2.45) is 0 Å². The van der Waals surface area contributed by atoms with Crippen LogP contribution in [0.2, 0.25) is 0 Å². The summed E-state index contributed by atoms with van der Waals surface area (Å²) in [6.45, 7) is 4.92. The van der Waals surface area contributed by atoms with Gasteiger partial charge >= 0.3 is 5.97 Å². The Morgan fingerprint density at radius 3 is 1.01 bits per heavy atom. The fourth-order valence-electron chi connectivity index (χ4n) is 11.0. The standard InChI is InChI=1S/C72H137NO5/c1-3-5-7-9-11-13-14-15-39-43-46-50-54-58-62-66-72(77)78-67-63-59-55-51-47-44-41-38-36-34-32-30-28-26-24-22-20-18-16-17-19-21-23-25-27-29-31-33-35-37-40-42-45-49-53-57-61-65-71(76)73-69(68-74)70(75)64-60-56-52-48-12-10-8-6-4-2/h11,13,15-16,18,39,69-70,74-75H,3-10,12,14,17,19-38,40-68H2,1-2H3,(H,73,76)/b13-11-,18-16-,39-15-. The summed E-state index contributed by atoms with van der Waals surface area (Å²) in [6.07, 6.45) is 86.5. The van der Waals surface area contributed by atoms with Gasteiger partial charge in [0, 0.05) is 12.8 Å². The minimum atomic E-state index is -0.659. The molecule has 0 rings (SSSR count). The van der Waals surface area contributed by atoms with E-state index in [1.165, 1.54) is 302 Å². The number of aliphatic hydroxyl groups excluding tert-OH is 2. The predicted octanol–water partition coefficient (Wildman–Crippen LogP) is 22.7. The molecule has 460 valence electrons. The number of unbranched alkanes of at least 4 members (excludes halogenated alkanes) is 49. The zero-order valence-corrected chi connectivity index (χ0v) is 52.7. The molecule has 0 spiro atoms. The molecule has 2 unspecified atom stereocenters. The molecule has 0 radical (unpaired) electrons. The van der Waals surface area contributed by atoms with Crippen LogP contribution in [0.1, 0.15) is 386 Å². The van der Waals surface area contributed by atoms with Gasteiger partial charge in [0.1, 0.15) is 0 Å². The smallest absolute Gasteiger partial charge is 0.305 e. The number of rotatable bonds is 66. The van der Waals surface area contributed by atoms with Crippen molar-refractivity contribution < 1.29 is 24.5 Å². The minimum absolute atomic E-state index is 0.00752. The lowest BCUT2D eigenvalue weighted by molar-refractivity contribution is -0.143. The SMILES string of the molecule is CCCCC/C=C\C/C=C\CCCCCCCC(=O)OCCCCCCCCCCCCCCCCCC/C=C\CCCCCCCCCCCCCCCCCCCC(=O)NC(CO)C(O)CCCCCCCCCCC. The first-order valence-electron chi connectivity index (χ1n) is 35.2. The van der Waals surface area contributed by atoms with E-state index < -0.39 is 12.1 Å². The van der Waals surface area contributed by atoms with Gasteiger partial charge in [-0.15, -0.1) is 0 Å². The summed E-state index contributed by atoms with van der Waals surface area (Å²) < 4.78 is 5.49. The molecule has 0 bridgehead atoms. The number of nitrogens with one attached hydrogen (secondary N) is 1. The molecule has 78 heavy (non-hydrogen) atoms. The van der Waals surface area contributed by atoms with Gasteiger partial charge in [-0.1, -0.05) is 326 Å². The van der Waals surface area contributed by atoms with E-state index >= 15 is 0 Å². The van der Waals surface area contributed by atoms with Gasteiger partial charge in [-0.05, 0) is 83.5 Å². The number of esters is 1. The van der Waals surface area contributed by atoms with Crippen LogP contribution in [0.15, 0.2) is 36.5 Å². The number of amides is 1. The van der Waals surface area contributed by atoms with Crippen LogP contribution in [0.5, 0.6) is 0 Å². The highest BCUT2D eigenvalue weighted by atomic mass is 16.5. The molecule has 0 aromatic heterocycles. The lowest BCUT2D eigenvalue weighted by Gasteiger charge is -2.22. The summed E-state index contributed by atoms with van der Waals surface area (Å²) in [5, 5.41) is 23.1. The molecule has 0 aromatic rings. The molecule has 0 heterocycles. The van der Waals surface area contributed by atoms with E-state index in [4.69, 9.17) is 4.74 Å². The highest BCUT2D eigenvalue weighted by Crippen LogP contribution is 2.18. The largest absolute Gasteiger partial charge is 0.466 e. The van der Waals surface area contributed by atoms with E-state index in [0.29, 0.717) is 25.9 Å². The molecule has 3 N–H and O–H groups in total. The molecule has 1 amide bonds. The minimum Gasteiger partial charge on any atom is -0.466 e. The van der Waals surface area contributed by atoms with Crippen LogP contribution in [-0.4, -0.2) is 47.4 Å². The van der Waals surface area contributed by atoms with Crippen LogP contribution in [0.25, 0.3) is 0 Å². The number of hydrogen-bond acceptors (Lipinski definition) is 5. The lowest BCUT2D eigenvalue weighted by Crippen LogP contribution is -2.45. The Bertz CT molecular complexity index is 1260. The molecule has 2 atom stereocenters. The van der Waals surface area contributed by atoms with E-state index in [1.807, 2.05) is 0 Å². The summed E-state index contributed by atoms with van der Waals surface area (Å²) in [4.78, 5) is 24.5. The maximum absolute atomic E-state index is 12.4. The van der Waals surface area contributed by atoms with Crippen molar-refractivity contribution in [3.05, 3.63) is 36.5 Å². The Labute approximate surface area is 487 Å². The van der Waals surface area contributed by atoms with Crippen molar-refractivity contribution in [3.63, 3.8) is 0 Å². The number of aliphatic hydroxyl groups is 2. The van der Waals surface area contributed by atoms with Crippen LogP contribution in [0, 0.1) is 0 Å². The molecule has 6 nitrogen and oxygen atoms in total. The first-order chi connectivity index (χ1) is 38.5. The Balaban J connectivity index is 3.30. The average Bonchev–Trinajstić information content (AvgIpc) is 3.44. The lowest BCUT2D eigenvalue weighted by atomic mass is 10.0. The van der Waals surface area contributed by atoms with Gasteiger partial charge in [0.05, 0.1) is 25.4 Å². The first-order valence-corrected chi connectivity index (χ1v) is 35.2. The van der Waals surface area contributed by atoms with Gasteiger partial charge in [-0.3, -0.25) is 9.59 Å². The first kappa shape index (κ1) is 76.1. The zero-order valence-electron chi connectivity index (χ0n) is 52.7. The fraction of sp³-hybridized carbons (Fsp3) is 0.889. The van der Waals surface area contributed by atoms with Crippen molar-refractivity contribution >= 4 is 11.9 Å². The predicted molar refractivity (Wildman–Crippen MR) is 343 cm³/mol. The second-order valence-electron chi connectivity index (χ2n) is 24.2. The molecule has 0 aliphatic carbocycles. The highest BCUT2D eigenvalue weighted by Gasteiger charge is 2.20. The second-order valence-corrected chi connectivity index (χ2v) is 24.2. The van der Waals surface area contributed by atoms with Crippen molar-refractivity contribution in [3.8, 4) is 0 Å². The average molecular weight is 1100 g/mol. The molecule has 0 saturated heterocycles. The van der Waals surface area contributed by atoms with E-state index in [2.05, 4.69) is 55.6 Å². The molecule has 0 aromatic carbocycles. The molecule has 0 saturated carbocycles. The Kier molecular flexibility index (Phi) is 65.9. The quantitative estimate of drug-likeness (QED) is 0.0320. The van der Waals surface area contributed by atoms with E-state index in [9.17, 15) is 19.8 Å². The number of hydrogen-bond donors (Lipinski definition) is 3. The van der Waals surface area contributed by atoms with Crippen LogP contribution in [-0.2, 0) is 14.3 Å². The maximum Gasteiger partial charge on any atom is 0.305 e. The van der Waals surface area contributed by atoms with Crippen molar-refractivity contribution in [2.45, 2.75) is 398 Å². The molecule has 0 aliphatic rings. The number of carbonyl (C=O) groups is 2. The fourth-order valence-corrected chi connectivity index (χ4v) is 11.0. The van der Waals surface area contributed by atoms with Crippen molar-refractivity contribution in [1.29, 1.82) is 0 Å². The van der Waals surface area contributed by atoms with Gasteiger partial charge in [-0.25, -0.2) is 0 Å². The van der Waals surface area contributed by atoms with Crippen LogP contribution in [0.3, 0.4) is 0 Å². The van der Waals surface area contributed by atoms with Gasteiger partial charge in [0.25, 0.3) is 0 Å². The third-order valence-electron chi connectivity index (χ3n) is 16.4. The van der Waals surface area contributed by atoms with Crippen molar-refractivity contribution in [1.82, 2.24) is 5.32 Å². The molecule has 0 fully saturated rings. The third-order valence-corrected chi connectivity index (χ3v) is 16.4.